The van der Waals surface area contributed by atoms with Gasteiger partial charge in [0, 0.05) is 24.1 Å². The van der Waals surface area contributed by atoms with E-state index >= 15 is 0 Å². The molecule has 0 aliphatic carbocycles. The fourth-order valence-electron chi connectivity index (χ4n) is 2.51. The van der Waals surface area contributed by atoms with Crippen LogP contribution in [-0.2, 0) is 0 Å². The molecule has 0 saturated carbocycles. The molecule has 2 N–H and O–H groups in total. The van der Waals surface area contributed by atoms with Crippen LogP contribution < -0.4 is 10.5 Å². The number of thiocarbonyl (C=S) groups is 1. The van der Waals surface area contributed by atoms with Crippen LogP contribution >= 0.6 is 39.9 Å². The Kier molecular flexibility index (Phi) is 6.34. The molecular formula is C15H21BrN2OS2. The predicted molar refractivity (Wildman–Crippen MR) is 98.3 cm³/mol. The van der Waals surface area contributed by atoms with Gasteiger partial charge in [0.15, 0.2) is 0 Å². The van der Waals surface area contributed by atoms with Gasteiger partial charge in [-0.2, -0.15) is 11.8 Å². The Morgan fingerprint density at radius 3 is 2.52 bits per heavy atom. The zero-order valence-electron chi connectivity index (χ0n) is 12.2. The van der Waals surface area contributed by atoms with E-state index in [1.54, 1.807) is 11.8 Å². The van der Waals surface area contributed by atoms with Gasteiger partial charge in [-0.15, -0.1) is 0 Å². The van der Waals surface area contributed by atoms with Gasteiger partial charge < -0.3 is 10.5 Å². The van der Waals surface area contributed by atoms with Crippen molar-refractivity contribution < 1.29 is 4.74 Å². The first-order chi connectivity index (χ1) is 10.1. The zero-order valence-corrected chi connectivity index (χ0v) is 15.4. The second-order valence-electron chi connectivity index (χ2n) is 5.21. The lowest BCUT2D eigenvalue weighted by molar-refractivity contribution is 0.178. The molecular weight excluding hydrogens is 368 g/mol. The van der Waals surface area contributed by atoms with Crippen LogP contribution in [0.25, 0.3) is 0 Å². The van der Waals surface area contributed by atoms with Crippen LogP contribution in [0.3, 0.4) is 0 Å². The maximum atomic E-state index is 5.91. The smallest absolute Gasteiger partial charge is 0.119 e. The van der Waals surface area contributed by atoms with E-state index in [-0.39, 0.29) is 4.75 Å². The van der Waals surface area contributed by atoms with Crippen LogP contribution in [0.5, 0.6) is 5.75 Å². The average molecular weight is 389 g/mol. The van der Waals surface area contributed by atoms with Gasteiger partial charge in [0.2, 0.25) is 0 Å². The highest BCUT2D eigenvalue weighted by molar-refractivity contribution is 9.10. The number of nitrogens with two attached hydrogens (primary N) is 1. The SMILES string of the molecule is CSC1(C(N)=S)CCN(CCOc2ccc(Br)cc2)CC1. The van der Waals surface area contributed by atoms with E-state index in [1.807, 2.05) is 24.3 Å². The molecule has 1 aromatic rings. The van der Waals surface area contributed by atoms with Gasteiger partial charge in [-0.05, 0) is 43.4 Å². The molecule has 3 nitrogen and oxygen atoms in total. The fraction of sp³-hybridized carbons (Fsp3) is 0.533. The molecule has 1 fully saturated rings. The summed E-state index contributed by atoms with van der Waals surface area (Å²) in [6.45, 7) is 3.71. The molecule has 1 aliphatic heterocycles. The van der Waals surface area contributed by atoms with E-state index < -0.39 is 0 Å². The Hall–Kier alpha value is -0.300. The highest BCUT2D eigenvalue weighted by Crippen LogP contribution is 2.34. The lowest BCUT2D eigenvalue weighted by Crippen LogP contribution is -2.49. The van der Waals surface area contributed by atoms with Crippen molar-refractivity contribution in [2.75, 3.05) is 32.5 Å². The number of hydrogen-bond acceptors (Lipinski definition) is 4. The first-order valence-corrected chi connectivity index (χ1v) is 9.44. The summed E-state index contributed by atoms with van der Waals surface area (Å²) in [7, 11) is 0. The molecule has 1 aliphatic rings. The summed E-state index contributed by atoms with van der Waals surface area (Å²) in [6.07, 6.45) is 4.16. The number of benzene rings is 1. The maximum absolute atomic E-state index is 5.91. The Balaban J connectivity index is 1.74. The minimum absolute atomic E-state index is 0.00159. The first-order valence-electron chi connectivity index (χ1n) is 7.01. The van der Waals surface area contributed by atoms with Crippen molar-refractivity contribution in [1.29, 1.82) is 0 Å². The van der Waals surface area contributed by atoms with Crippen molar-refractivity contribution >= 4 is 44.9 Å². The van der Waals surface area contributed by atoms with Gasteiger partial charge in [-0.25, -0.2) is 0 Å². The molecule has 0 unspecified atom stereocenters. The van der Waals surface area contributed by atoms with Crippen molar-refractivity contribution in [3.05, 3.63) is 28.7 Å². The summed E-state index contributed by atoms with van der Waals surface area (Å²) >= 11 is 10.5. The van der Waals surface area contributed by atoms with Crippen molar-refractivity contribution in [1.82, 2.24) is 4.90 Å². The van der Waals surface area contributed by atoms with Crippen LogP contribution in [0.15, 0.2) is 28.7 Å². The van der Waals surface area contributed by atoms with E-state index in [0.29, 0.717) is 11.6 Å². The molecule has 2 rings (SSSR count). The lowest BCUT2D eigenvalue weighted by atomic mass is 9.95. The third kappa shape index (κ3) is 4.58. The molecule has 1 heterocycles. The Morgan fingerprint density at radius 1 is 1.38 bits per heavy atom. The van der Waals surface area contributed by atoms with Gasteiger partial charge in [0.05, 0.1) is 9.74 Å². The summed E-state index contributed by atoms with van der Waals surface area (Å²) < 4.78 is 6.84. The predicted octanol–water partition coefficient (Wildman–Crippen LogP) is 3.31. The number of thioether (sulfide) groups is 1. The number of halogens is 1. The Morgan fingerprint density at radius 2 is 2.00 bits per heavy atom. The molecule has 0 atom stereocenters. The highest BCUT2D eigenvalue weighted by atomic mass is 79.9. The molecule has 21 heavy (non-hydrogen) atoms. The summed E-state index contributed by atoms with van der Waals surface area (Å²) in [5, 5.41) is 0. The average Bonchev–Trinajstić information content (AvgIpc) is 2.50. The van der Waals surface area contributed by atoms with Crippen LogP contribution in [0.2, 0.25) is 0 Å². The first kappa shape index (κ1) is 17.1. The molecule has 0 spiro atoms. The quantitative estimate of drug-likeness (QED) is 0.756. The number of piperidine rings is 1. The second kappa shape index (κ2) is 7.81. The standard InChI is InChI=1S/C15H21BrN2OS2/c1-21-15(14(17)20)6-8-18(9-7-15)10-11-19-13-4-2-12(16)3-5-13/h2-5H,6-11H2,1H3,(H2,17,20). The van der Waals surface area contributed by atoms with Gasteiger partial charge in [0.25, 0.3) is 0 Å². The number of likely N-dealkylation sites (tertiary alicyclic amines) is 1. The van der Waals surface area contributed by atoms with Crippen molar-refractivity contribution in [3.8, 4) is 5.75 Å². The summed E-state index contributed by atoms with van der Waals surface area (Å²) in [5.74, 6) is 0.914. The van der Waals surface area contributed by atoms with Crippen LogP contribution in [-0.4, -0.2) is 47.1 Å². The maximum Gasteiger partial charge on any atom is 0.119 e. The summed E-state index contributed by atoms with van der Waals surface area (Å²) in [4.78, 5) is 3.08. The molecule has 1 saturated heterocycles. The molecule has 1 aromatic carbocycles. The Bertz CT molecular complexity index is 473. The van der Waals surface area contributed by atoms with Gasteiger partial charge in [-0.1, -0.05) is 28.1 Å². The molecule has 116 valence electrons. The number of ether oxygens (including phenoxy) is 1. The second-order valence-corrected chi connectivity index (χ2v) is 7.75. The van der Waals surface area contributed by atoms with E-state index in [4.69, 9.17) is 22.7 Å². The number of rotatable bonds is 6. The third-order valence-corrected chi connectivity index (χ3v) is 6.45. The molecule has 0 aromatic heterocycles. The van der Waals surface area contributed by atoms with Gasteiger partial charge in [0.1, 0.15) is 12.4 Å². The monoisotopic (exact) mass is 388 g/mol. The Labute approximate surface area is 144 Å². The van der Waals surface area contributed by atoms with E-state index in [1.165, 1.54) is 0 Å². The van der Waals surface area contributed by atoms with Crippen LogP contribution in [0.1, 0.15) is 12.8 Å². The normalized spacial score (nSPS) is 18.4. The van der Waals surface area contributed by atoms with Gasteiger partial charge >= 0.3 is 0 Å². The largest absolute Gasteiger partial charge is 0.492 e. The molecule has 0 radical (unpaired) electrons. The summed E-state index contributed by atoms with van der Waals surface area (Å²) in [6, 6.07) is 7.94. The number of nitrogens with zero attached hydrogens (tertiary/aromatic N) is 1. The van der Waals surface area contributed by atoms with Crippen molar-refractivity contribution in [3.63, 3.8) is 0 Å². The zero-order chi connectivity index (χ0) is 15.3. The van der Waals surface area contributed by atoms with Crippen molar-refractivity contribution in [2.24, 2.45) is 5.73 Å². The summed E-state index contributed by atoms with van der Waals surface area (Å²) in [5.41, 5.74) is 5.91. The molecule has 6 heteroatoms. The molecule has 0 amide bonds. The van der Waals surface area contributed by atoms with Crippen molar-refractivity contribution in [2.45, 2.75) is 17.6 Å². The minimum atomic E-state index is -0.00159. The highest BCUT2D eigenvalue weighted by Gasteiger charge is 2.36. The van der Waals surface area contributed by atoms with E-state index in [9.17, 15) is 0 Å². The van der Waals surface area contributed by atoms with E-state index in [0.717, 1.165) is 42.7 Å². The lowest BCUT2D eigenvalue weighted by Gasteiger charge is -2.39. The molecule has 0 bridgehead atoms. The number of hydrogen-bond donors (Lipinski definition) is 1. The van der Waals surface area contributed by atoms with Crippen LogP contribution in [0, 0.1) is 0 Å². The fourth-order valence-corrected chi connectivity index (χ4v) is 4.02. The van der Waals surface area contributed by atoms with Crippen LogP contribution in [0.4, 0.5) is 0 Å². The van der Waals surface area contributed by atoms with Gasteiger partial charge in [-0.3, -0.25) is 4.90 Å². The van der Waals surface area contributed by atoms with E-state index in [2.05, 4.69) is 27.1 Å². The third-order valence-electron chi connectivity index (χ3n) is 3.99. The topological polar surface area (TPSA) is 38.5 Å². The minimum Gasteiger partial charge on any atom is -0.492 e.